The average Bonchev–Trinajstić information content (AvgIpc) is 2.47. The van der Waals surface area contributed by atoms with Crippen LogP contribution in [0.1, 0.15) is 6.42 Å². The van der Waals surface area contributed by atoms with E-state index in [0.717, 1.165) is 7.11 Å². The van der Waals surface area contributed by atoms with E-state index in [-0.39, 0.29) is 6.41 Å². The Hall–Kier alpha value is -1.30. The number of ether oxygens (including phenoxy) is 2. The zero-order valence-electron chi connectivity index (χ0n) is 11.2. The van der Waals surface area contributed by atoms with E-state index in [9.17, 15) is 30.0 Å². The van der Waals surface area contributed by atoms with Gasteiger partial charge in [0.2, 0.25) is 6.41 Å². The molecule has 0 spiro atoms. The summed E-state index contributed by atoms with van der Waals surface area (Å²) >= 11 is 0. The molecule has 1 saturated heterocycles. The molecule has 0 aliphatic carbocycles. The molecule has 10 nitrogen and oxygen atoms in total. The number of rotatable bonds is 6. The number of amides is 1. The fourth-order valence-electron chi connectivity index (χ4n) is 2.16. The molecule has 122 valence electrons. The Balaban J connectivity index is 3.05. The summed E-state index contributed by atoms with van der Waals surface area (Å²) in [5, 5.41) is 50.3. The second-order valence-electron chi connectivity index (χ2n) is 4.68. The Bertz CT molecular complexity index is 379. The lowest BCUT2D eigenvalue weighted by atomic mass is 9.89. The minimum absolute atomic E-state index is 0.227. The Morgan fingerprint density at radius 2 is 2.19 bits per heavy atom. The Labute approximate surface area is 119 Å². The lowest BCUT2D eigenvalue weighted by molar-refractivity contribution is -0.296. The van der Waals surface area contributed by atoms with Crippen molar-refractivity contribution in [2.24, 2.45) is 0 Å². The molecule has 1 fully saturated rings. The summed E-state index contributed by atoms with van der Waals surface area (Å²) in [5.41, 5.74) is 0. The lowest BCUT2D eigenvalue weighted by Gasteiger charge is -2.44. The molecule has 10 heteroatoms. The van der Waals surface area contributed by atoms with E-state index >= 15 is 0 Å². The van der Waals surface area contributed by atoms with E-state index in [1.54, 1.807) is 0 Å². The zero-order valence-corrected chi connectivity index (χ0v) is 11.2. The molecule has 0 bridgehead atoms. The van der Waals surface area contributed by atoms with Gasteiger partial charge in [0.15, 0.2) is 0 Å². The van der Waals surface area contributed by atoms with Gasteiger partial charge in [-0.25, -0.2) is 4.79 Å². The first-order valence-corrected chi connectivity index (χ1v) is 6.14. The number of hydrogen-bond acceptors (Lipinski definition) is 9. The Morgan fingerprint density at radius 3 is 2.67 bits per heavy atom. The summed E-state index contributed by atoms with van der Waals surface area (Å²) in [6, 6.07) is -1.20. The fraction of sp³-hybridized carbons (Fsp3) is 0.818. The monoisotopic (exact) mass is 309 g/mol. The molecule has 0 radical (unpaired) electrons. The highest BCUT2D eigenvalue weighted by Gasteiger charge is 2.54. The van der Waals surface area contributed by atoms with Crippen molar-refractivity contribution in [3.8, 4) is 0 Å². The number of hydrogen-bond donors (Lipinski definition) is 6. The van der Waals surface area contributed by atoms with Gasteiger partial charge in [0.1, 0.15) is 18.3 Å². The van der Waals surface area contributed by atoms with Crippen LogP contribution in [0.25, 0.3) is 0 Å². The average molecular weight is 309 g/mol. The first kappa shape index (κ1) is 17.8. The molecule has 0 aromatic rings. The van der Waals surface area contributed by atoms with Crippen molar-refractivity contribution in [2.75, 3.05) is 13.7 Å². The molecular formula is C11H19NO9. The van der Waals surface area contributed by atoms with Gasteiger partial charge in [-0.2, -0.15) is 0 Å². The number of esters is 1. The molecule has 1 aliphatic rings. The van der Waals surface area contributed by atoms with Crippen molar-refractivity contribution in [1.29, 1.82) is 0 Å². The van der Waals surface area contributed by atoms with Crippen LogP contribution >= 0.6 is 0 Å². The molecule has 1 heterocycles. The standard InChI is InChI=1S/C11H19NO9/c1-20-10(18)11(19)2-5(15)7(12-4-14)9(21-11)8(17)6(16)3-13/h4-9,13,15-17,19H,2-3H2,1H3,(H,12,14). The molecule has 21 heavy (non-hydrogen) atoms. The molecule has 0 saturated carbocycles. The number of nitrogens with one attached hydrogen (secondary N) is 1. The van der Waals surface area contributed by atoms with Gasteiger partial charge in [0.25, 0.3) is 5.79 Å². The third-order valence-corrected chi connectivity index (χ3v) is 3.27. The number of carbonyl (C=O) groups excluding carboxylic acids is 2. The van der Waals surface area contributed by atoms with Crippen molar-refractivity contribution in [3.05, 3.63) is 0 Å². The van der Waals surface area contributed by atoms with Gasteiger partial charge >= 0.3 is 5.97 Å². The lowest BCUT2D eigenvalue weighted by Crippen LogP contribution is -2.66. The van der Waals surface area contributed by atoms with Crippen LogP contribution in [-0.4, -0.2) is 87.9 Å². The van der Waals surface area contributed by atoms with Crippen LogP contribution in [0.5, 0.6) is 0 Å². The van der Waals surface area contributed by atoms with Crippen molar-refractivity contribution in [3.63, 3.8) is 0 Å². The van der Waals surface area contributed by atoms with E-state index < -0.39 is 55.2 Å². The molecule has 6 atom stereocenters. The number of aliphatic hydroxyl groups is 5. The second-order valence-corrected chi connectivity index (χ2v) is 4.68. The smallest absolute Gasteiger partial charge is 0.366 e. The molecule has 0 aromatic carbocycles. The van der Waals surface area contributed by atoms with E-state index in [4.69, 9.17) is 9.84 Å². The maximum absolute atomic E-state index is 11.5. The number of methoxy groups -OCH3 is 1. The van der Waals surface area contributed by atoms with E-state index in [1.807, 2.05) is 0 Å². The van der Waals surface area contributed by atoms with Gasteiger partial charge in [-0.15, -0.1) is 0 Å². The van der Waals surface area contributed by atoms with Crippen LogP contribution in [0, 0.1) is 0 Å². The highest BCUT2D eigenvalue weighted by atomic mass is 16.7. The van der Waals surface area contributed by atoms with Crippen molar-refractivity contribution >= 4 is 12.4 Å². The highest BCUT2D eigenvalue weighted by Crippen LogP contribution is 2.30. The maximum Gasteiger partial charge on any atom is 0.366 e. The zero-order chi connectivity index (χ0) is 16.2. The van der Waals surface area contributed by atoms with E-state index in [2.05, 4.69) is 10.1 Å². The number of aliphatic hydroxyl groups excluding tert-OH is 4. The molecule has 6 N–H and O–H groups in total. The normalized spacial score (nSPS) is 35.6. The van der Waals surface area contributed by atoms with Crippen LogP contribution < -0.4 is 5.32 Å². The highest BCUT2D eigenvalue weighted by molar-refractivity contribution is 5.77. The maximum atomic E-state index is 11.5. The molecule has 1 amide bonds. The summed E-state index contributed by atoms with van der Waals surface area (Å²) in [7, 11) is 0.986. The van der Waals surface area contributed by atoms with Crippen LogP contribution in [0.4, 0.5) is 0 Å². The largest absolute Gasteiger partial charge is 0.465 e. The summed E-state index contributed by atoms with van der Waals surface area (Å²) in [6.45, 7) is -0.832. The SMILES string of the molecule is COC(=O)C1(O)CC(O)C(NC=O)C(C(O)C(O)CO)O1. The quantitative estimate of drug-likeness (QED) is 0.211. The van der Waals surface area contributed by atoms with Crippen molar-refractivity contribution in [1.82, 2.24) is 5.32 Å². The molecular weight excluding hydrogens is 290 g/mol. The van der Waals surface area contributed by atoms with Gasteiger partial charge in [-0.1, -0.05) is 0 Å². The summed E-state index contributed by atoms with van der Waals surface area (Å²) < 4.78 is 9.37. The molecule has 1 rings (SSSR count). The summed E-state index contributed by atoms with van der Waals surface area (Å²) in [6.07, 6.45) is -6.84. The predicted octanol–water partition coefficient (Wildman–Crippen LogP) is -4.17. The van der Waals surface area contributed by atoms with E-state index in [0.29, 0.717) is 0 Å². The topological polar surface area (TPSA) is 166 Å². The minimum atomic E-state index is -2.55. The first-order chi connectivity index (χ1) is 9.80. The van der Waals surface area contributed by atoms with Gasteiger partial charge in [-0.3, -0.25) is 4.79 Å². The fourth-order valence-corrected chi connectivity index (χ4v) is 2.16. The van der Waals surface area contributed by atoms with Crippen LogP contribution in [0.3, 0.4) is 0 Å². The minimum Gasteiger partial charge on any atom is -0.465 e. The molecule has 0 aromatic heterocycles. The molecule has 1 aliphatic heterocycles. The molecule has 6 unspecified atom stereocenters. The Kier molecular flexibility index (Phi) is 6.01. The number of carbonyl (C=O) groups is 2. The summed E-state index contributed by atoms with van der Waals surface area (Å²) in [5.74, 6) is -3.75. The predicted molar refractivity (Wildman–Crippen MR) is 64.5 cm³/mol. The van der Waals surface area contributed by atoms with Gasteiger partial charge in [-0.05, 0) is 0 Å². The van der Waals surface area contributed by atoms with Gasteiger partial charge < -0.3 is 40.3 Å². The van der Waals surface area contributed by atoms with Crippen LogP contribution in [0.15, 0.2) is 0 Å². The third-order valence-electron chi connectivity index (χ3n) is 3.27. The van der Waals surface area contributed by atoms with Gasteiger partial charge in [0, 0.05) is 6.42 Å². The second kappa shape index (κ2) is 7.11. The van der Waals surface area contributed by atoms with Crippen LogP contribution in [-0.2, 0) is 19.1 Å². The van der Waals surface area contributed by atoms with Crippen LogP contribution in [0.2, 0.25) is 0 Å². The first-order valence-electron chi connectivity index (χ1n) is 6.14. The third kappa shape index (κ3) is 3.67. The van der Waals surface area contributed by atoms with Crippen molar-refractivity contribution < 1.29 is 44.6 Å². The van der Waals surface area contributed by atoms with E-state index in [1.165, 1.54) is 0 Å². The summed E-state index contributed by atoms with van der Waals surface area (Å²) in [4.78, 5) is 22.1. The van der Waals surface area contributed by atoms with Crippen molar-refractivity contribution in [2.45, 2.75) is 42.7 Å². The van der Waals surface area contributed by atoms with Gasteiger partial charge in [0.05, 0.1) is 25.9 Å². The Morgan fingerprint density at radius 1 is 1.57 bits per heavy atom.